The Hall–Kier alpha value is -2.14. The molecule has 1 saturated heterocycles. The number of amides is 2. The first-order valence-electron chi connectivity index (χ1n) is 8.55. The van der Waals surface area contributed by atoms with Crippen LogP contribution in [-0.4, -0.2) is 54.5 Å². The molecular formula is C19H24N2O3. The third kappa shape index (κ3) is 2.84. The maximum atomic E-state index is 12.9. The molecule has 5 nitrogen and oxygen atoms in total. The summed E-state index contributed by atoms with van der Waals surface area (Å²) in [6.45, 7) is 8.95. The molecule has 0 aromatic heterocycles. The third-order valence-electron chi connectivity index (χ3n) is 4.71. The number of aryl methyl sites for hydroxylation is 2. The van der Waals surface area contributed by atoms with Crippen molar-refractivity contribution in [3.8, 4) is 0 Å². The van der Waals surface area contributed by atoms with Gasteiger partial charge in [-0.15, -0.1) is 0 Å². The molecule has 1 aromatic rings. The molecule has 128 valence electrons. The average Bonchev–Trinajstić information content (AvgIpc) is 2.83. The molecule has 0 atom stereocenters. The van der Waals surface area contributed by atoms with Crippen molar-refractivity contribution in [2.75, 3.05) is 32.8 Å². The summed E-state index contributed by atoms with van der Waals surface area (Å²) >= 11 is 0. The first-order valence-corrected chi connectivity index (χ1v) is 8.55. The zero-order valence-corrected chi connectivity index (χ0v) is 14.6. The molecule has 3 rings (SSSR count). The Labute approximate surface area is 142 Å². The van der Waals surface area contributed by atoms with Crippen LogP contribution in [0.25, 0.3) is 5.57 Å². The van der Waals surface area contributed by atoms with Crippen LogP contribution in [0.4, 0.5) is 0 Å². The van der Waals surface area contributed by atoms with Crippen LogP contribution in [0.2, 0.25) is 0 Å². The van der Waals surface area contributed by atoms with Crippen molar-refractivity contribution >= 4 is 17.4 Å². The second-order valence-corrected chi connectivity index (χ2v) is 6.38. The molecular weight excluding hydrogens is 304 g/mol. The van der Waals surface area contributed by atoms with Crippen molar-refractivity contribution in [2.24, 2.45) is 0 Å². The van der Waals surface area contributed by atoms with Crippen molar-refractivity contribution < 1.29 is 14.3 Å². The van der Waals surface area contributed by atoms with Crippen molar-refractivity contribution in [2.45, 2.75) is 27.2 Å². The lowest BCUT2D eigenvalue weighted by Crippen LogP contribution is -2.40. The molecule has 2 amide bonds. The lowest BCUT2D eigenvalue weighted by atomic mass is 9.99. The van der Waals surface area contributed by atoms with E-state index in [0.717, 1.165) is 17.5 Å². The lowest BCUT2D eigenvalue weighted by molar-refractivity contribution is -0.137. The predicted octanol–water partition coefficient (Wildman–Crippen LogP) is 2.13. The minimum atomic E-state index is -0.174. The van der Waals surface area contributed by atoms with Gasteiger partial charge in [-0.2, -0.15) is 0 Å². The number of hydrogen-bond acceptors (Lipinski definition) is 4. The van der Waals surface area contributed by atoms with E-state index >= 15 is 0 Å². The second-order valence-electron chi connectivity index (χ2n) is 6.38. The molecule has 0 spiro atoms. The van der Waals surface area contributed by atoms with E-state index in [-0.39, 0.29) is 11.8 Å². The van der Waals surface area contributed by atoms with Gasteiger partial charge in [0.1, 0.15) is 5.70 Å². The normalized spacial score (nSPS) is 18.8. The van der Waals surface area contributed by atoms with E-state index in [4.69, 9.17) is 4.74 Å². The summed E-state index contributed by atoms with van der Waals surface area (Å²) in [6.07, 6.45) is 0.758. The molecule has 1 aromatic carbocycles. The zero-order chi connectivity index (χ0) is 17.3. The summed E-state index contributed by atoms with van der Waals surface area (Å²) in [7, 11) is 0. The monoisotopic (exact) mass is 328 g/mol. The van der Waals surface area contributed by atoms with Crippen LogP contribution >= 0.6 is 0 Å². The number of rotatable bonds is 4. The first-order chi connectivity index (χ1) is 11.5. The number of carbonyl (C=O) groups excluding carboxylic acids is 2. The van der Waals surface area contributed by atoms with Crippen molar-refractivity contribution in [1.29, 1.82) is 0 Å². The van der Waals surface area contributed by atoms with E-state index in [1.165, 1.54) is 10.5 Å². The number of carbonyl (C=O) groups is 2. The Bertz CT molecular complexity index is 703. The fourth-order valence-corrected chi connectivity index (χ4v) is 3.23. The fourth-order valence-electron chi connectivity index (χ4n) is 3.23. The van der Waals surface area contributed by atoms with E-state index in [1.807, 2.05) is 43.9 Å². The summed E-state index contributed by atoms with van der Waals surface area (Å²) in [4.78, 5) is 29.2. The molecule has 24 heavy (non-hydrogen) atoms. The largest absolute Gasteiger partial charge is 0.378 e. The van der Waals surface area contributed by atoms with E-state index in [0.29, 0.717) is 44.1 Å². The highest BCUT2D eigenvalue weighted by atomic mass is 16.5. The number of hydrogen-bond donors (Lipinski definition) is 0. The van der Waals surface area contributed by atoms with E-state index in [2.05, 4.69) is 0 Å². The molecule has 0 radical (unpaired) electrons. The number of morpholine rings is 1. The molecule has 0 aliphatic carbocycles. The van der Waals surface area contributed by atoms with Gasteiger partial charge in [-0.1, -0.05) is 25.1 Å². The van der Waals surface area contributed by atoms with Crippen LogP contribution in [0.5, 0.6) is 0 Å². The Balaban J connectivity index is 2.09. The van der Waals surface area contributed by atoms with Crippen LogP contribution in [-0.2, 0) is 14.3 Å². The number of benzene rings is 1. The standard InChI is InChI=1S/C19H24N2O3/c1-4-7-21-18(22)16(15-6-5-13(2)14(3)12-15)17(19(21)23)20-8-10-24-11-9-20/h5-6,12H,4,7-11H2,1-3H3. The topological polar surface area (TPSA) is 49.9 Å². The van der Waals surface area contributed by atoms with Gasteiger partial charge in [0.2, 0.25) is 0 Å². The quantitative estimate of drug-likeness (QED) is 0.795. The van der Waals surface area contributed by atoms with Gasteiger partial charge < -0.3 is 9.64 Å². The Morgan fingerprint density at radius 3 is 2.38 bits per heavy atom. The second kappa shape index (κ2) is 6.77. The Morgan fingerprint density at radius 2 is 1.75 bits per heavy atom. The Kier molecular flexibility index (Phi) is 4.71. The van der Waals surface area contributed by atoms with Gasteiger partial charge in [0.15, 0.2) is 0 Å². The van der Waals surface area contributed by atoms with Gasteiger partial charge in [0, 0.05) is 19.6 Å². The van der Waals surface area contributed by atoms with E-state index < -0.39 is 0 Å². The van der Waals surface area contributed by atoms with Gasteiger partial charge in [0.05, 0.1) is 18.8 Å². The fraction of sp³-hybridized carbons (Fsp3) is 0.474. The highest BCUT2D eigenvalue weighted by Crippen LogP contribution is 2.32. The van der Waals surface area contributed by atoms with E-state index in [1.54, 1.807) is 0 Å². The van der Waals surface area contributed by atoms with Crippen molar-refractivity contribution in [1.82, 2.24) is 9.80 Å². The summed E-state index contributed by atoms with van der Waals surface area (Å²) in [5.41, 5.74) is 4.21. The minimum absolute atomic E-state index is 0.169. The summed E-state index contributed by atoms with van der Waals surface area (Å²) in [6, 6.07) is 5.96. The van der Waals surface area contributed by atoms with Gasteiger partial charge in [-0.3, -0.25) is 14.5 Å². The Morgan fingerprint density at radius 1 is 1.04 bits per heavy atom. The molecule has 0 N–H and O–H groups in total. The predicted molar refractivity (Wildman–Crippen MR) is 92.2 cm³/mol. The van der Waals surface area contributed by atoms with Crippen LogP contribution in [0.3, 0.4) is 0 Å². The smallest absolute Gasteiger partial charge is 0.277 e. The minimum Gasteiger partial charge on any atom is -0.378 e. The van der Waals surface area contributed by atoms with Crippen molar-refractivity contribution in [3.63, 3.8) is 0 Å². The van der Waals surface area contributed by atoms with Crippen molar-refractivity contribution in [3.05, 3.63) is 40.6 Å². The molecule has 1 fully saturated rings. The molecule has 2 aliphatic heterocycles. The van der Waals surface area contributed by atoms with Gasteiger partial charge in [0.25, 0.3) is 11.8 Å². The summed E-state index contributed by atoms with van der Waals surface area (Å²) in [5.74, 6) is -0.344. The highest BCUT2D eigenvalue weighted by molar-refractivity contribution is 6.35. The van der Waals surface area contributed by atoms with Crippen LogP contribution < -0.4 is 0 Å². The van der Waals surface area contributed by atoms with E-state index in [9.17, 15) is 9.59 Å². The summed E-state index contributed by atoms with van der Waals surface area (Å²) in [5, 5.41) is 0. The molecule has 5 heteroatoms. The molecule has 2 heterocycles. The van der Waals surface area contributed by atoms with Gasteiger partial charge >= 0.3 is 0 Å². The average molecular weight is 328 g/mol. The van der Waals surface area contributed by atoms with Crippen LogP contribution in [0, 0.1) is 13.8 Å². The molecule has 0 bridgehead atoms. The van der Waals surface area contributed by atoms with Crippen LogP contribution in [0.1, 0.15) is 30.0 Å². The number of ether oxygens (including phenoxy) is 1. The molecule has 0 unspecified atom stereocenters. The molecule has 0 saturated carbocycles. The number of nitrogens with zero attached hydrogens (tertiary/aromatic N) is 2. The SMILES string of the molecule is CCCN1C(=O)C(c2ccc(C)c(C)c2)=C(N2CCOCC2)C1=O. The molecule has 2 aliphatic rings. The zero-order valence-electron chi connectivity index (χ0n) is 14.6. The third-order valence-corrected chi connectivity index (χ3v) is 4.71. The lowest BCUT2D eigenvalue weighted by Gasteiger charge is -2.29. The van der Waals surface area contributed by atoms with Gasteiger partial charge in [-0.05, 0) is 37.0 Å². The maximum Gasteiger partial charge on any atom is 0.277 e. The maximum absolute atomic E-state index is 12.9. The summed E-state index contributed by atoms with van der Waals surface area (Å²) < 4.78 is 5.40. The first kappa shape index (κ1) is 16.7. The van der Waals surface area contributed by atoms with Crippen LogP contribution in [0.15, 0.2) is 23.9 Å². The number of imide groups is 1. The highest BCUT2D eigenvalue weighted by Gasteiger charge is 2.41. The van der Waals surface area contributed by atoms with Gasteiger partial charge in [-0.25, -0.2) is 0 Å².